The molecule has 0 atom stereocenters. The van der Waals surface area contributed by atoms with Crippen molar-refractivity contribution in [2.24, 2.45) is 0 Å². The highest BCUT2D eigenvalue weighted by molar-refractivity contribution is 7.09. The lowest BCUT2D eigenvalue weighted by molar-refractivity contribution is 0.990. The lowest BCUT2D eigenvalue weighted by Crippen LogP contribution is -1.85. The molecule has 18 heavy (non-hydrogen) atoms. The van der Waals surface area contributed by atoms with Gasteiger partial charge in [0.25, 0.3) is 0 Å². The predicted octanol–water partition coefficient (Wildman–Crippen LogP) is 2.52. The summed E-state index contributed by atoms with van der Waals surface area (Å²) in [7, 11) is 0. The number of benzene rings is 1. The molecule has 0 fully saturated rings. The minimum absolute atomic E-state index is 0.575. The monoisotopic (exact) mass is 255 g/mol. The van der Waals surface area contributed by atoms with Gasteiger partial charge >= 0.3 is 0 Å². The summed E-state index contributed by atoms with van der Waals surface area (Å²) in [6.07, 6.45) is 0.813. The molecule has 0 spiro atoms. The fraction of sp³-hybridized carbons (Fsp3) is 0.167. The Morgan fingerprint density at radius 1 is 1.44 bits per heavy atom. The first kappa shape index (κ1) is 10.9. The number of H-pyrrole nitrogens is 1. The number of imidazole rings is 1. The number of nitrogens with one attached hydrogen (secondary N) is 1. The van der Waals surface area contributed by atoms with Crippen LogP contribution in [0.3, 0.4) is 0 Å². The van der Waals surface area contributed by atoms with Gasteiger partial charge in [-0.3, -0.25) is 0 Å². The van der Waals surface area contributed by atoms with E-state index in [0.717, 1.165) is 28.3 Å². The normalized spacial score (nSPS) is 10.7. The van der Waals surface area contributed by atoms with Crippen molar-refractivity contribution in [2.75, 3.05) is 0 Å². The minimum atomic E-state index is 0.575. The van der Waals surface area contributed by atoms with Gasteiger partial charge in [-0.1, -0.05) is 17.5 Å². The largest absolute Gasteiger partial charge is 0.337 e. The summed E-state index contributed by atoms with van der Waals surface area (Å²) in [5.41, 5.74) is 3.06. The molecule has 0 saturated heterocycles. The van der Waals surface area contributed by atoms with E-state index in [2.05, 4.69) is 25.6 Å². The maximum Gasteiger partial charge on any atom is 0.152 e. The van der Waals surface area contributed by atoms with Crippen LogP contribution in [0.1, 0.15) is 18.2 Å². The van der Waals surface area contributed by atoms with E-state index < -0.39 is 0 Å². The van der Waals surface area contributed by atoms with Crippen molar-refractivity contribution in [3.05, 3.63) is 29.5 Å². The molecule has 0 aliphatic carbocycles. The Morgan fingerprint density at radius 3 is 3.11 bits per heavy atom. The molecule has 0 unspecified atom stereocenters. The number of hydrogen-bond acceptors (Lipinski definition) is 5. The SMILES string of the molecule is CCc1nnsc1-c1nc2c(C#N)cccc2[nH]1. The van der Waals surface area contributed by atoms with Crippen LogP contribution in [0.25, 0.3) is 21.7 Å². The molecule has 0 aliphatic rings. The molecule has 3 rings (SSSR count). The second kappa shape index (κ2) is 4.20. The first-order valence-corrected chi connectivity index (χ1v) is 6.31. The van der Waals surface area contributed by atoms with Gasteiger partial charge in [0.05, 0.1) is 16.8 Å². The van der Waals surface area contributed by atoms with Gasteiger partial charge in [-0.2, -0.15) is 5.26 Å². The lowest BCUT2D eigenvalue weighted by atomic mass is 10.2. The molecule has 3 aromatic rings. The molecule has 0 radical (unpaired) electrons. The number of hydrogen-bond donors (Lipinski definition) is 1. The fourth-order valence-electron chi connectivity index (χ4n) is 1.85. The topological polar surface area (TPSA) is 78.2 Å². The highest BCUT2D eigenvalue weighted by Crippen LogP contribution is 2.27. The van der Waals surface area contributed by atoms with Gasteiger partial charge in [-0.05, 0) is 30.1 Å². The summed E-state index contributed by atoms with van der Waals surface area (Å²) < 4.78 is 3.95. The van der Waals surface area contributed by atoms with E-state index in [1.165, 1.54) is 11.5 Å². The average Bonchev–Trinajstić information content (AvgIpc) is 3.03. The Bertz CT molecular complexity index is 749. The Kier molecular flexibility index (Phi) is 2.54. The summed E-state index contributed by atoms with van der Waals surface area (Å²) >= 11 is 1.32. The number of aromatic amines is 1. The van der Waals surface area contributed by atoms with Crippen LogP contribution < -0.4 is 0 Å². The maximum atomic E-state index is 9.05. The summed E-state index contributed by atoms with van der Waals surface area (Å²) in [5, 5.41) is 13.1. The summed E-state index contributed by atoms with van der Waals surface area (Å²) in [4.78, 5) is 8.64. The third-order valence-corrected chi connectivity index (χ3v) is 3.51. The molecule has 0 aliphatic heterocycles. The van der Waals surface area contributed by atoms with E-state index >= 15 is 0 Å². The first-order chi connectivity index (χ1) is 8.83. The number of fused-ring (bicyclic) bond motifs is 1. The number of nitriles is 1. The van der Waals surface area contributed by atoms with Crippen LogP contribution in [0.15, 0.2) is 18.2 Å². The predicted molar refractivity (Wildman–Crippen MR) is 69.1 cm³/mol. The third kappa shape index (κ3) is 1.57. The first-order valence-electron chi connectivity index (χ1n) is 5.54. The van der Waals surface area contributed by atoms with E-state index in [1.54, 1.807) is 6.07 Å². The van der Waals surface area contributed by atoms with Crippen LogP contribution in [0.2, 0.25) is 0 Å². The van der Waals surface area contributed by atoms with Crippen molar-refractivity contribution in [3.8, 4) is 16.8 Å². The Balaban J connectivity index is 2.23. The number of aromatic nitrogens is 4. The van der Waals surface area contributed by atoms with Crippen molar-refractivity contribution >= 4 is 22.6 Å². The zero-order valence-corrected chi connectivity index (χ0v) is 10.5. The molecule has 2 aromatic heterocycles. The molecular weight excluding hydrogens is 246 g/mol. The molecule has 88 valence electrons. The zero-order chi connectivity index (χ0) is 12.5. The second-order valence-corrected chi connectivity index (χ2v) is 4.56. The van der Waals surface area contributed by atoms with E-state index in [0.29, 0.717) is 11.1 Å². The van der Waals surface area contributed by atoms with Crippen LogP contribution in [0.4, 0.5) is 0 Å². The molecule has 6 heteroatoms. The van der Waals surface area contributed by atoms with Gasteiger partial charge in [0, 0.05) is 0 Å². The van der Waals surface area contributed by atoms with Crippen LogP contribution in [-0.2, 0) is 6.42 Å². The van der Waals surface area contributed by atoms with Gasteiger partial charge in [-0.25, -0.2) is 4.98 Å². The smallest absolute Gasteiger partial charge is 0.152 e. The van der Waals surface area contributed by atoms with Gasteiger partial charge in [0.15, 0.2) is 5.82 Å². The maximum absolute atomic E-state index is 9.05. The van der Waals surface area contributed by atoms with Crippen molar-refractivity contribution in [1.29, 1.82) is 5.26 Å². The molecule has 1 aromatic carbocycles. The van der Waals surface area contributed by atoms with Gasteiger partial charge in [-0.15, -0.1) is 5.10 Å². The quantitative estimate of drug-likeness (QED) is 0.763. The highest BCUT2D eigenvalue weighted by atomic mass is 32.1. The number of para-hydroxylation sites is 1. The lowest BCUT2D eigenvalue weighted by Gasteiger charge is -1.91. The molecule has 0 amide bonds. The highest BCUT2D eigenvalue weighted by Gasteiger charge is 2.14. The Hall–Kier alpha value is -2.26. The van der Waals surface area contributed by atoms with Crippen LogP contribution in [0, 0.1) is 11.3 Å². The Morgan fingerprint density at radius 2 is 2.33 bits per heavy atom. The summed E-state index contributed by atoms with van der Waals surface area (Å²) in [5.74, 6) is 0.736. The van der Waals surface area contributed by atoms with Gasteiger partial charge < -0.3 is 4.98 Å². The molecule has 2 heterocycles. The molecule has 0 bridgehead atoms. The van der Waals surface area contributed by atoms with Gasteiger partial charge in [0.2, 0.25) is 0 Å². The number of aryl methyl sites for hydroxylation is 1. The number of nitrogens with zero attached hydrogens (tertiary/aromatic N) is 4. The van der Waals surface area contributed by atoms with Crippen LogP contribution in [-0.4, -0.2) is 19.6 Å². The Labute approximate surface area is 107 Å². The van der Waals surface area contributed by atoms with Crippen molar-refractivity contribution in [1.82, 2.24) is 19.6 Å². The molecular formula is C12H9N5S. The van der Waals surface area contributed by atoms with Gasteiger partial charge in [0.1, 0.15) is 16.5 Å². The van der Waals surface area contributed by atoms with Crippen LogP contribution >= 0.6 is 11.5 Å². The van der Waals surface area contributed by atoms with E-state index in [9.17, 15) is 0 Å². The zero-order valence-electron chi connectivity index (χ0n) is 9.64. The summed E-state index contributed by atoms with van der Waals surface area (Å²) in [6.45, 7) is 2.03. The van der Waals surface area contributed by atoms with Crippen molar-refractivity contribution in [3.63, 3.8) is 0 Å². The molecule has 5 nitrogen and oxygen atoms in total. The van der Waals surface area contributed by atoms with Crippen molar-refractivity contribution in [2.45, 2.75) is 13.3 Å². The van der Waals surface area contributed by atoms with E-state index in [1.807, 2.05) is 19.1 Å². The second-order valence-electron chi connectivity index (χ2n) is 3.80. The van der Waals surface area contributed by atoms with E-state index in [-0.39, 0.29) is 0 Å². The third-order valence-electron chi connectivity index (χ3n) is 2.74. The van der Waals surface area contributed by atoms with E-state index in [4.69, 9.17) is 5.26 Å². The summed E-state index contributed by atoms with van der Waals surface area (Å²) in [6, 6.07) is 7.66. The fourth-order valence-corrected chi connectivity index (χ4v) is 2.54. The van der Waals surface area contributed by atoms with Crippen molar-refractivity contribution < 1.29 is 0 Å². The number of rotatable bonds is 2. The molecule has 1 N–H and O–H groups in total. The standard InChI is InChI=1S/C12H9N5S/c1-2-8-11(18-17-16-8)12-14-9-5-3-4-7(6-13)10(9)15-12/h3-5H,2H2,1H3,(H,14,15). The van der Waals surface area contributed by atoms with Crippen LogP contribution in [0.5, 0.6) is 0 Å². The minimum Gasteiger partial charge on any atom is -0.337 e. The average molecular weight is 255 g/mol. The molecule has 0 saturated carbocycles.